The number of nitrogens with two attached hydrogens (primary N) is 1. The fourth-order valence-corrected chi connectivity index (χ4v) is 5.29. The maximum Gasteiger partial charge on any atom is 0.309 e. The Kier molecular flexibility index (Phi) is 4.83. The van der Waals surface area contributed by atoms with Gasteiger partial charge in [0.05, 0.1) is 30.1 Å². The van der Waals surface area contributed by atoms with Crippen molar-refractivity contribution in [2.24, 2.45) is 23.5 Å². The predicted octanol–water partition coefficient (Wildman–Crippen LogP) is 0.576. The number of aliphatic carboxylic acids is 1. The van der Waals surface area contributed by atoms with E-state index in [0.717, 1.165) is 12.8 Å². The summed E-state index contributed by atoms with van der Waals surface area (Å²) in [5.41, 5.74) is 5.92. The van der Waals surface area contributed by atoms with E-state index < -0.39 is 30.2 Å². The molecule has 0 bridgehead atoms. The maximum absolute atomic E-state index is 13.1. The molecule has 1 aliphatic carbocycles. The van der Waals surface area contributed by atoms with E-state index in [1.165, 1.54) is 32.1 Å². The highest BCUT2D eigenvalue weighted by atomic mass is 16.5. The Bertz CT molecular complexity index is 536. The molecule has 7 heteroatoms. The van der Waals surface area contributed by atoms with Crippen molar-refractivity contribution < 1.29 is 19.4 Å². The third-order valence-corrected chi connectivity index (χ3v) is 6.72. The molecule has 5 N–H and O–H groups in total. The van der Waals surface area contributed by atoms with Crippen molar-refractivity contribution in [3.8, 4) is 0 Å². The number of carboxylic acid groups (broad SMARTS) is 1. The van der Waals surface area contributed by atoms with E-state index in [9.17, 15) is 14.7 Å². The van der Waals surface area contributed by atoms with Gasteiger partial charge in [0, 0.05) is 6.04 Å². The first kappa shape index (κ1) is 17.4. The minimum Gasteiger partial charge on any atom is -0.481 e. The van der Waals surface area contributed by atoms with E-state index in [-0.39, 0.29) is 24.3 Å². The third kappa shape index (κ3) is 3.23. The van der Waals surface area contributed by atoms with Gasteiger partial charge in [0.2, 0.25) is 0 Å². The summed E-state index contributed by atoms with van der Waals surface area (Å²) < 4.78 is 6.13. The molecule has 25 heavy (non-hydrogen) atoms. The standard InChI is InChI=1S/C18H29N3O4/c19-16-11(18(23)24)8-10-15(22)14-13(25-17(10)21-16)7-6-12(20-14)9-4-2-1-3-5-9/h9-14,16-17,20-21H,1-8,19H2,(H,23,24). The Morgan fingerprint density at radius 1 is 1.12 bits per heavy atom. The number of carbonyl (C=O) groups is 2. The molecule has 3 saturated heterocycles. The first-order chi connectivity index (χ1) is 12.0. The quantitative estimate of drug-likeness (QED) is 0.575. The molecule has 0 aromatic heterocycles. The van der Waals surface area contributed by atoms with Crippen molar-refractivity contribution in [2.45, 2.75) is 81.9 Å². The Labute approximate surface area is 148 Å². The average Bonchev–Trinajstić information content (AvgIpc) is 2.62. The number of carbonyl (C=O) groups excluding carboxylic acids is 1. The Morgan fingerprint density at radius 2 is 1.88 bits per heavy atom. The van der Waals surface area contributed by atoms with Crippen molar-refractivity contribution in [3.05, 3.63) is 0 Å². The Morgan fingerprint density at radius 3 is 2.60 bits per heavy atom. The summed E-state index contributed by atoms with van der Waals surface area (Å²) in [5.74, 6) is -1.37. The number of hydrogen-bond acceptors (Lipinski definition) is 6. The predicted molar refractivity (Wildman–Crippen MR) is 90.5 cm³/mol. The first-order valence-corrected chi connectivity index (χ1v) is 9.74. The highest BCUT2D eigenvalue weighted by Crippen LogP contribution is 2.37. The van der Waals surface area contributed by atoms with E-state index in [4.69, 9.17) is 10.5 Å². The van der Waals surface area contributed by atoms with Gasteiger partial charge in [-0.2, -0.15) is 0 Å². The molecular formula is C18H29N3O4. The smallest absolute Gasteiger partial charge is 0.309 e. The van der Waals surface area contributed by atoms with Crippen LogP contribution in [0, 0.1) is 17.8 Å². The van der Waals surface area contributed by atoms with Gasteiger partial charge in [0.1, 0.15) is 6.23 Å². The van der Waals surface area contributed by atoms with Crippen molar-refractivity contribution in [3.63, 3.8) is 0 Å². The van der Waals surface area contributed by atoms with Gasteiger partial charge in [-0.15, -0.1) is 0 Å². The Hall–Kier alpha value is -1.02. The number of piperidine rings is 2. The summed E-state index contributed by atoms with van der Waals surface area (Å²) in [6.45, 7) is 0. The second kappa shape index (κ2) is 6.95. The van der Waals surface area contributed by atoms with Gasteiger partial charge < -0.3 is 20.9 Å². The number of rotatable bonds is 2. The molecule has 0 radical (unpaired) electrons. The number of fused-ring (bicyclic) bond motifs is 2. The van der Waals surface area contributed by atoms with E-state index >= 15 is 0 Å². The lowest BCUT2D eigenvalue weighted by Crippen LogP contribution is -2.70. The summed E-state index contributed by atoms with van der Waals surface area (Å²) in [4.78, 5) is 24.5. The summed E-state index contributed by atoms with van der Waals surface area (Å²) in [6.07, 6.45) is 7.31. The van der Waals surface area contributed by atoms with E-state index in [0.29, 0.717) is 12.0 Å². The second-order valence-corrected chi connectivity index (χ2v) is 8.20. The molecule has 4 rings (SSSR count). The maximum atomic E-state index is 13.1. The average molecular weight is 351 g/mol. The van der Waals surface area contributed by atoms with Crippen LogP contribution in [0.25, 0.3) is 0 Å². The van der Waals surface area contributed by atoms with Crippen LogP contribution in [0.2, 0.25) is 0 Å². The third-order valence-electron chi connectivity index (χ3n) is 6.72. The molecule has 3 aliphatic heterocycles. The summed E-state index contributed by atoms with van der Waals surface area (Å²) in [6, 6.07) is 0.0900. The molecule has 0 aromatic carbocycles. The fraction of sp³-hybridized carbons (Fsp3) is 0.889. The number of ether oxygens (including phenoxy) is 1. The van der Waals surface area contributed by atoms with Crippen LogP contribution in [0.5, 0.6) is 0 Å². The van der Waals surface area contributed by atoms with Gasteiger partial charge in [-0.25, -0.2) is 0 Å². The molecule has 1 saturated carbocycles. The largest absolute Gasteiger partial charge is 0.481 e. The Balaban J connectivity index is 1.46. The lowest BCUT2D eigenvalue weighted by Gasteiger charge is -2.50. The number of carboxylic acids is 1. The molecule has 0 aromatic rings. The van der Waals surface area contributed by atoms with Crippen molar-refractivity contribution in [1.82, 2.24) is 10.6 Å². The van der Waals surface area contributed by atoms with Crippen LogP contribution in [-0.2, 0) is 14.3 Å². The van der Waals surface area contributed by atoms with E-state index in [1.54, 1.807) is 0 Å². The normalized spacial score (nSPS) is 45.5. The number of hydrogen-bond donors (Lipinski definition) is 4. The molecule has 4 aliphatic rings. The molecule has 4 fully saturated rings. The van der Waals surface area contributed by atoms with Gasteiger partial charge in [0.15, 0.2) is 5.78 Å². The van der Waals surface area contributed by atoms with Crippen LogP contribution in [0.15, 0.2) is 0 Å². The minimum absolute atomic E-state index is 0.104. The van der Waals surface area contributed by atoms with Crippen LogP contribution in [0.1, 0.15) is 51.4 Å². The van der Waals surface area contributed by atoms with Crippen LogP contribution >= 0.6 is 0 Å². The molecule has 3 heterocycles. The van der Waals surface area contributed by atoms with E-state index in [2.05, 4.69) is 10.6 Å². The van der Waals surface area contributed by atoms with E-state index in [1.807, 2.05) is 0 Å². The zero-order chi connectivity index (χ0) is 17.6. The number of ketones is 1. The molecular weight excluding hydrogens is 322 g/mol. The highest BCUT2D eigenvalue weighted by Gasteiger charge is 2.52. The van der Waals surface area contributed by atoms with Gasteiger partial charge >= 0.3 is 5.97 Å². The van der Waals surface area contributed by atoms with Gasteiger partial charge in [-0.05, 0) is 38.0 Å². The lowest BCUT2D eigenvalue weighted by atomic mass is 9.74. The van der Waals surface area contributed by atoms with Gasteiger partial charge in [0.25, 0.3) is 0 Å². The molecule has 0 spiro atoms. The molecule has 7 atom stereocenters. The number of Topliss-reactive ketones (excluding diaryl/α,β-unsaturated/α-hetero) is 1. The number of nitrogens with one attached hydrogen (secondary N) is 2. The van der Waals surface area contributed by atoms with Crippen LogP contribution < -0.4 is 16.4 Å². The fourth-order valence-electron chi connectivity index (χ4n) is 5.29. The van der Waals surface area contributed by atoms with Crippen molar-refractivity contribution >= 4 is 11.8 Å². The monoisotopic (exact) mass is 351 g/mol. The summed E-state index contributed by atoms with van der Waals surface area (Å²) in [5, 5.41) is 15.9. The van der Waals surface area contributed by atoms with Crippen LogP contribution in [0.3, 0.4) is 0 Å². The highest BCUT2D eigenvalue weighted by molar-refractivity contribution is 5.89. The van der Waals surface area contributed by atoms with Crippen LogP contribution in [-0.4, -0.2) is 47.4 Å². The zero-order valence-corrected chi connectivity index (χ0v) is 14.5. The lowest BCUT2D eigenvalue weighted by molar-refractivity contribution is -0.176. The molecule has 7 unspecified atom stereocenters. The summed E-state index contributed by atoms with van der Waals surface area (Å²) >= 11 is 0. The molecule has 0 amide bonds. The zero-order valence-electron chi connectivity index (χ0n) is 14.5. The summed E-state index contributed by atoms with van der Waals surface area (Å²) in [7, 11) is 0. The topological polar surface area (TPSA) is 114 Å². The second-order valence-electron chi connectivity index (χ2n) is 8.20. The van der Waals surface area contributed by atoms with Crippen molar-refractivity contribution in [1.29, 1.82) is 0 Å². The van der Waals surface area contributed by atoms with Crippen molar-refractivity contribution in [2.75, 3.05) is 0 Å². The first-order valence-electron chi connectivity index (χ1n) is 9.74. The van der Waals surface area contributed by atoms with Gasteiger partial charge in [-0.3, -0.25) is 14.9 Å². The van der Waals surface area contributed by atoms with Crippen LogP contribution in [0.4, 0.5) is 0 Å². The SMILES string of the molecule is NC1NC2OC3CCC(C4CCCCC4)NC3C(=O)C2CC1C(=O)O. The minimum atomic E-state index is -0.954. The molecule has 7 nitrogen and oxygen atoms in total. The molecule has 140 valence electrons. The van der Waals surface area contributed by atoms with Gasteiger partial charge in [-0.1, -0.05) is 19.3 Å².